The van der Waals surface area contributed by atoms with Gasteiger partial charge in [-0.15, -0.1) is 10.2 Å². The molecule has 1 unspecified atom stereocenters. The fourth-order valence-electron chi connectivity index (χ4n) is 4.02. The van der Waals surface area contributed by atoms with Gasteiger partial charge in [-0.2, -0.15) is 0 Å². The lowest BCUT2D eigenvalue weighted by atomic mass is 10.0. The minimum absolute atomic E-state index is 0.0119. The van der Waals surface area contributed by atoms with Crippen LogP contribution < -0.4 is 10.6 Å². The molecule has 1 aliphatic heterocycles. The highest BCUT2D eigenvalue weighted by atomic mass is 32.2. The van der Waals surface area contributed by atoms with Crippen LogP contribution >= 0.6 is 11.8 Å². The third kappa shape index (κ3) is 3.42. The Hall–Kier alpha value is -3.39. The molecule has 2 N–H and O–H groups in total. The van der Waals surface area contributed by atoms with E-state index in [-0.39, 0.29) is 5.91 Å². The average molecular weight is 431 g/mol. The van der Waals surface area contributed by atoms with Crippen molar-refractivity contribution >= 4 is 40.6 Å². The fourth-order valence-corrected chi connectivity index (χ4v) is 4.93. The van der Waals surface area contributed by atoms with Crippen molar-refractivity contribution in [3.05, 3.63) is 71.4 Å². The predicted octanol–water partition coefficient (Wildman–Crippen LogP) is 3.96. The summed E-state index contributed by atoms with van der Waals surface area (Å²) in [5.74, 6) is 0.301. The van der Waals surface area contributed by atoms with Gasteiger partial charge in [-0.3, -0.25) is 9.69 Å². The molecule has 0 bridgehead atoms. The van der Waals surface area contributed by atoms with Crippen LogP contribution in [-0.2, 0) is 17.6 Å². The average Bonchev–Trinajstić information content (AvgIpc) is 3.08. The Labute approximate surface area is 184 Å². The molecule has 156 valence electrons. The molecule has 2 aromatic heterocycles. The fraction of sp³-hybridized carbons (Fsp3) is 0.217. The summed E-state index contributed by atoms with van der Waals surface area (Å²) in [5.41, 5.74) is 11.7. The van der Waals surface area contributed by atoms with Crippen LogP contribution in [-0.4, -0.2) is 30.7 Å². The number of hydrogen-bond donors (Lipinski definition) is 1. The van der Waals surface area contributed by atoms with Gasteiger partial charge in [-0.1, -0.05) is 48.2 Å². The molecule has 8 heteroatoms. The Morgan fingerprint density at radius 3 is 2.29 bits per heavy atom. The standard InChI is InChI=1S/C23H22N6OS/c1-14-13-20-26-27-23(29(20)22(24)25-14)31-15(2)21(30)28-18-9-5-3-7-16(18)11-12-17-8-4-6-10-19(17)28/h3-10,13,15H,11-12H2,1-2H3,(H2,24,25). The number of para-hydroxylation sites is 2. The highest BCUT2D eigenvalue weighted by molar-refractivity contribution is 8.00. The van der Waals surface area contributed by atoms with Gasteiger partial charge in [0.2, 0.25) is 11.9 Å². The molecule has 1 amide bonds. The van der Waals surface area contributed by atoms with E-state index in [1.165, 1.54) is 22.9 Å². The molecule has 1 atom stereocenters. The lowest BCUT2D eigenvalue weighted by Gasteiger charge is -2.27. The van der Waals surface area contributed by atoms with Gasteiger partial charge >= 0.3 is 0 Å². The van der Waals surface area contributed by atoms with Crippen LogP contribution in [0.3, 0.4) is 0 Å². The van der Waals surface area contributed by atoms with Gasteiger partial charge in [0.1, 0.15) is 0 Å². The quantitative estimate of drug-likeness (QED) is 0.495. The van der Waals surface area contributed by atoms with E-state index < -0.39 is 5.25 Å². The number of anilines is 3. The van der Waals surface area contributed by atoms with Gasteiger partial charge in [0.05, 0.1) is 16.6 Å². The highest BCUT2D eigenvalue weighted by Crippen LogP contribution is 2.38. The summed E-state index contributed by atoms with van der Waals surface area (Å²) in [6.45, 7) is 3.75. The number of nitrogens with two attached hydrogens (primary N) is 1. The molecule has 4 aromatic rings. The summed E-state index contributed by atoms with van der Waals surface area (Å²) < 4.78 is 1.69. The van der Waals surface area contributed by atoms with Crippen LogP contribution in [0.1, 0.15) is 23.7 Å². The zero-order valence-corrected chi connectivity index (χ0v) is 18.1. The number of benzene rings is 2. The Kier molecular flexibility index (Phi) is 4.86. The van der Waals surface area contributed by atoms with Crippen molar-refractivity contribution in [2.75, 3.05) is 10.6 Å². The largest absolute Gasteiger partial charge is 0.369 e. The molecule has 2 aromatic carbocycles. The van der Waals surface area contributed by atoms with Crippen LogP contribution in [0.25, 0.3) is 5.65 Å². The zero-order valence-electron chi connectivity index (χ0n) is 17.3. The number of fused-ring (bicyclic) bond motifs is 3. The van der Waals surface area contributed by atoms with Crippen LogP contribution in [0.2, 0.25) is 0 Å². The second kappa shape index (κ2) is 7.70. The zero-order chi connectivity index (χ0) is 21.5. The van der Waals surface area contributed by atoms with Gasteiger partial charge < -0.3 is 5.73 Å². The number of carbonyl (C=O) groups excluding carboxylic acids is 1. The first-order chi connectivity index (χ1) is 15.0. The van der Waals surface area contributed by atoms with Crippen molar-refractivity contribution in [3.8, 4) is 0 Å². The maximum atomic E-state index is 13.8. The third-order valence-corrected chi connectivity index (χ3v) is 6.53. The number of aromatic nitrogens is 4. The van der Waals surface area contributed by atoms with Crippen LogP contribution in [0.15, 0.2) is 59.8 Å². The number of amides is 1. The van der Waals surface area contributed by atoms with E-state index in [4.69, 9.17) is 5.73 Å². The molecule has 0 spiro atoms. The first-order valence-electron chi connectivity index (χ1n) is 10.2. The number of thioether (sulfide) groups is 1. The van der Waals surface area contributed by atoms with Crippen molar-refractivity contribution in [1.82, 2.24) is 19.6 Å². The highest BCUT2D eigenvalue weighted by Gasteiger charge is 2.30. The molecule has 1 aliphatic rings. The minimum atomic E-state index is -0.410. The molecular weight excluding hydrogens is 408 g/mol. The normalized spacial score (nSPS) is 14.1. The van der Waals surface area contributed by atoms with E-state index in [0.29, 0.717) is 16.8 Å². The number of aryl methyl sites for hydroxylation is 3. The Morgan fingerprint density at radius 1 is 1.03 bits per heavy atom. The smallest absolute Gasteiger partial charge is 0.244 e. The Balaban J connectivity index is 1.53. The molecular formula is C23H22N6OS. The molecule has 5 rings (SSSR count). The summed E-state index contributed by atoms with van der Waals surface area (Å²) in [5, 5.41) is 8.60. The maximum Gasteiger partial charge on any atom is 0.244 e. The molecule has 0 fully saturated rings. The van der Waals surface area contributed by atoms with Crippen molar-refractivity contribution in [3.63, 3.8) is 0 Å². The predicted molar refractivity (Wildman–Crippen MR) is 123 cm³/mol. The minimum Gasteiger partial charge on any atom is -0.369 e. The van der Waals surface area contributed by atoms with E-state index in [0.717, 1.165) is 29.9 Å². The van der Waals surface area contributed by atoms with Crippen molar-refractivity contribution in [2.24, 2.45) is 0 Å². The molecule has 3 heterocycles. The van der Waals surface area contributed by atoms with Crippen LogP contribution in [0.5, 0.6) is 0 Å². The summed E-state index contributed by atoms with van der Waals surface area (Å²) in [7, 11) is 0. The summed E-state index contributed by atoms with van der Waals surface area (Å²) >= 11 is 1.34. The lowest BCUT2D eigenvalue weighted by Crippen LogP contribution is -2.33. The molecule has 7 nitrogen and oxygen atoms in total. The second-order valence-electron chi connectivity index (χ2n) is 7.62. The summed E-state index contributed by atoms with van der Waals surface area (Å²) in [4.78, 5) is 19.9. The molecule has 0 aliphatic carbocycles. The molecule has 0 saturated heterocycles. The van der Waals surface area contributed by atoms with E-state index >= 15 is 0 Å². The van der Waals surface area contributed by atoms with Crippen molar-refractivity contribution in [1.29, 1.82) is 0 Å². The number of nitrogens with zero attached hydrogens (tertiary/aromatic N) is 5. The van der Waals surface area contributed by atoms with E-state index in [2.05, 4.69) is 27.3 Å². The van der Waals surface area contributed by atoms with Crippen molar-refractivity contribution in [2.45, 2.75) is 37.1 Å². The third-order valence-electron chi connectivity index (χ3n) is 5.50. The molecule has 0 saturated carbocycles. The summed E-state index contributed by atoms with van der Waals surface area (Å²) in [6.07, 6.45) is 1.80. The van der Waals surface area contributed by atoms with Gasteiger partial charge in [-0.25, -0.2) is 9.38 Å². The molecule has 31 heavy (non-hydrogen) atoms. The van der Waals surface area contributed by atoms with E-state index in [1.807, 2.05) is 61.2 Å². The Bertz CT molecular complexity index is 1250. The number of hydrogen-bond acceptors (Lipinski definition) is 6. The van der Waals surface area contributed by atoms with Crippen LogP contribution in [0, 0.1) is 6.92 Å². The van der Waals surface area contributed by atoms with Gasteiger partial charge in [0.15, 0.2) is 10.8 Å². The van der Waals surface area contributed by atoms with Gasteiger partial charge in [-0.05, 0) is 49.9 Å². The number of carbonyl (C=O) groups is 1. The maximum absolute atomic E-state index is 13.8. The Morgan fingerprint density at radius 2 is 1.65 bits per heavy atom. The monoisotopic (exact) mass is 430 g/mol. The van der Waals surface area contributed by atoms with Gasteiger partial charge in [0, 0.05) is 11.8 Å². The first-order valence-corrected chi connectivity index (χ1v) is 11.1. The number of nitrogen functional groups attached to an aromatic ring is 1. The van der Waals surface area contributed by atoms with Gasteiger partial charge in [0.25, 0.3) is 0 Å². The van der Waals surface area contributed by atoms with E-state index in [9.17, 15) is 4.79 Å². The second-order valence-corrected chi connectivity index (χ2v) is 8.93. The molecule has 0 radical (unpaired) electrons. The lowest BCUT2D eigenvalue weighted by molar-refractivity contribution is -0.117. The SMILES string of the molecule is Cc1cc2nnc(SC(C)C(=O)N3c4ccccc4CCc4ccccc43)n2c(N)n1. The number of rotatable bonds is 3. The van der Waals surface area contributed by atoms with Crippen LogP contribution in [0.4, 0.5) is 17.3 Å². The first kappa shape index (κ1) is 19.6. The topological polar surface area (TPSA) is 89.4 Å². The van der Waals surface area contributed by atoms with Crippen molar-refractivity contribution < 1.29 is 4.79 Å². The van der Waals surface area contributed by atoms with E-state index in [1.54, 1.807) is 4.40 Å². The summed E-state index contributed by atoms with van der Waals surface area (Å²) in [6, 6.07) is 18.1.